The zero-order valence-corrected chi connectivity index (χ0v) is 25.1. The Labute approximate surface area is 233 Å². The van der Waals surface area contributed by atoms with Crippen LogP contribution in [-0.2, 0) is 18.9 Å². The molecular weight excluding hydrogens is 504 g/mol. The molecule has 1 aliphatic rings. The van der Waals surface area contributed by atoms with Gasteiger partial charge in [0.1, 0.15) is 22.7 Å². The van der Waals surface area contributed by atoms with Crippen molar-refractivity contribution in [2.75, 3.05) is 6.54 Å². The molecule has 0 bridgehead atoms. The normalized spacial score (nSPS) is 17.4. The van der Waals surface area contributed by atoms with Gasteiger partial charge in [-0.05, 0) is 72.1 Å². The monoisotopic (exact) mass is 552 g/mol. The van der Waals surface area contributed by atoms with Gasteiger partial charge < -0.3 is 18.9 Å². The number of imide groups is 2. The van der Waals surface area contributed by atoms with Crippen molar-refractivity contribution < 1.29 is 38.1 Å². The number of carbonyl (C=O) groups excluding carboxylic acids is 4. The van der Waals surface area contributed by atoms with E-state index in [1.54, 1.807) is 41.5 Å². The first-order valence-corrected chi connectivity index (χ1v) is 13.9. The second-order valence-corrected chi connectivity index (χ2v) is 11.1. The van der Waals surface area contributed by atoms with Crippen molar-refractivity contribution in [2.45, 2.75) is 124 Å². The van der Waals surface area contributed by atoms with Crippen molar-refractivity contribution in [3.63, 3.8) is 0 Å². The third-order valence-electron chi connectivity index (χ3n) is 7.14. The first kappa shape index (κ1) is 34.0. The van der Waals surface area contributed by atoms with E-state index in [2.05, 4.69) is 13.2 Å². The maximum Gasteiger partial charge on any atom is 0.424 e. The van der Waals surface area contributed by atoms with Crippen molar-refractivity contribution in [3.05, 3.63) is 24.7 Å². The molecule has 1 aliphatic carbocycles. The molecule has 0 aromatic carbocycles. The lowest BCUT2D eigenvalue weighted by Gasteiger charge is -2.37. The predicted molar refractivity (Wildman–Crippen MR) is 148 cm³/mol. The highest BCUT2D eigenvalue weighted by atomic mass is 16.6. The molecule has 1 fully saturated rings. The summed E-state index contributed by atoms with van der Waals surface area (Å²) in [7, 11) is 0. The van der Waals surface area contributed by atoms with E-state index < -0.39 is 41.6 Å². The van der Waals surface area contributed by atoms with Crippen LogP contribution in [0.2, 0.25) is 0 Å². The summed E-state index contributed by atoms with van der Waals surface area (Å²) >= 11 is 0. The Morgan fingerprint density at radius 1 is 0.692 bits per heavy atom. The molecule has 0 N–H and O–H groups in total. The molecule has 0 spiro atoms. The number of amides is 4. The predicted octanol–water partition coefficient (Wildman–Crippen LogP) is 7.92. The van der Waals surface area contributed by atoms with Gasteiger partial charge in [-0.15, -0.1) is 0 Å². The summed E-state index contributed by atoms with van der Waals surface area (Å²) in [5.41, 5.74) is -1.52. The average molecular weight is 553 g/mol. The minimum atomic E-state index is -0.838. The molecule has 4 amide bonds. The first-order valence-electron chi connectivity index (χ1n) is 13.9. The highest BCUT2D eigenvalue weighted by molar-refractivity contribution is 5.89. The topological polar surface area (TPSA) is 112 Å². The van der Waals surface area contributed by atoms with Crippen LogP contribution in [0.4, 0.5) is 19.2 Å². The van der Waals surface area contributed by atoms with Gasteiger partial charge >= 0.3 is 24.4 Å². The van der Waals surface area contributed by atoms with Gasteiger partial charge in [-0.2, -0.15) is 0 Å². The van der Waals surface area contributed by atoms with Crippen LogP contribution >= 0.6 is 0 Å². The molecular formula is C29H48N2O8. The van der Waals surface area contributed by atoms with Crippen molar-refractivity contribution in [1.82, 2.24) is 9.80 Å². The molecule has 0 radical (unpaired) electrons. The molecule has 0 atom stereocenters. The molecule has 0 saturated heterocycles. The molecule has 0 unspecified atom stereocenters. The summed E-state index contributed by atoms with van der Waals surface area (Å²) in [6.45, 7) is 21.9. The highest BCUT2D eigenvalue weighted by Crippen LogP contribution is 2.31. The number of nitrogens with zero attached hydrogens (tertiary/aromatic N) is 2. The maximum absolute atomic E-state index is 13.1. The fraction of sp³-hybridized carbons (Fsp3) is 0.724. The Kier molecular flexibility index (Phi) is 13.0. The Balaban J connectivity index is 3.05. The Hall–Kier alpha value is -3.04. The van der Waals surface area contributed by atoms with Gasteiger partial charge in [-0.1, -0.05) is 40.9 Å². The van der Waals surface area contributed by atoms with Gasteiger partial charge in [0.05, 0.1) is 0 Å². The van der Waals surface area contributed by atoms with E-state index in [4.69, 9.17) is 18.9 Å². The van der Waals surface area contributed by atoms with Crippen LogP contribution in [0.5, 0.6) is 0 Å². The van der Waals surface area contributed by atoms with E-state index in [1.165, 1.54) is 0 Å². The zero-order valence-electron chi connectivity index (χ0n) is 25.1. The van der Waals surface area contributed by atoms with Crippen LogP contribution in [0.25, 0.3) is 0 Å². The summed E-state index contributed by atoms with van der Waals surface area (Å²) in [5, 5.41) is 0. The van der Waals surface area contributed by atoms with Gasteiger partial charge in [-0.3, -0.25) is 0 Å². The van der Waals surface area contributed by atoms with Crippen LogP contribution in [0, 0.1) is 5.92 Å². The molecule has 0 aromatic heterocycles. The van der Waals surface area contributed by atoms with Crippen molar-refractivity contribution in [3.8, 4) is 0 Å². The molecule has 10 nitrogen and oxygen atoms in total. The SMILES string of the molecule is C=C(CC)OC(=O)N(CC1CCC(N(C(=O)OC(=C)CC)C(=O)OC(C)(C)CC)CC1)C(=O)OC(C)(C)CC. The molecule has 0 aliphatic heterocycles. The van der Waals surface area contributed by atoms with Crippen LogP contribution in [0.3, 0.4) is 0 Å². The smallest absolute Gasteiger partial charge is 0.424 e. The molecule has 0 heterocycles. The van der Waals surface area contributed by atoms with Gasteiger partial charge in [0.15, 0.2) is 0 Å². The van der Waals surface area contributed by atoms with Gasteiger partial charge in [0, 0.05) is 25.4 Å². The molecule has 1 rings (SSSR count). The van der Waals surface area contributed by atoms with E-state index >= 15 is 0 Å². The molecule has 222 valence electrons. The molecule has 39 heavy (non-hydrogen) atoms. The Morgan fingerprint density at radius 2 is 1.13 bits per heavy atom. The van der Waals surface area contributed by atoms with Gasteiger partial charge in [0.2, 0.25) is 0 Å². The second kappa shape index (κ2) is 14.9. The third kappa shape index (κ3) is 10.9. The second-order valence-electron chi connectivity index (χ2n) is 11.1. The van der Waals surface area contributed by atoms with Crippen LogP contribution in [-0.4, -0.2) is 58.0 Å². The fourth-order valence-corrected chi connectivity index (χ4v) is 3.66. The number of hydrogen-bond acceptors (Lipinski definition) is 8. The van der Waals surface area contributed by atoms with Crippen molar-refractivity contribution in [1.29, 1.82) is 0 Å². The number of allylic oxidation sites excluding steroid dienone is 2. The highest BCUT2D eigenvalue weighted by Gasteiger charge is 2.39. The first-order chi connectivity index (χ1) is 18.1. The lowest BCUT2D eigenvalue weighted by atomic mass is 9.85. The van der Waals surface area contributed by atoms with Gasteiger partial charge in [0.25, 0.3) is 0 Å². The van der Waals surface area contributed by atoms with Gasteiger partial charge in [-0.25, -0.2) is 29.0 Å². The number of rotatable bonds is 11. The minimum absolute atomic E-state index is 0.0750. The summed E-state index contributed by atoms with van der Waals surface area (Å²) in [6, 6.07) is -0.468. The lowest BCUT2D eigenvalue weighted by Crippen LogP contribution is -2.50. The molecule has 10 heteroatoms. The van der Waals surface area contributed by atoms with Crippen LogP contribution in [0.15, 0.2) is 24.7 Å². The number of hydrogen-bond donors (Lipinski definition) is 0. The molecule has 1 saturated carbocycles. The van der Waals surface area contributed by atoms with Crippen molar-refractivity contribution in [2.24, 2.45) is 5.92 Å². The lowest BCUT2D eigenvalue weighted by molar-refractivity contribution is -0.000650. The van der Waals surface area contributed by atoms with E-state index in [0.717, 1.165) is 9.80 Å². The summed E-state index contributed by atoms with van der Waals surface area (Å²) in [4.78, 5) is 53.9. The fourth-order valence-electron chi connectivity index (χ4n) is 3.66. The number of carbonyl (C=O) groups is 4. The average Bonchev–Trinajstić information content (AvgIpc) is 2.87. The summed E-state index contributed by atoms with van der Waals surface area (Å²) < 4.78 is 21.7. The van der Waals surface area contributed by atoms with Crippen LogP contribution < -0.4 is 0 Å². The quantitative estimate of drug-likeness (QED) is 0.188. The number of ether oxygens (including phenoxy) is 4. The standard InChI is InChI=1S/C29H48N2O8/c1-11-20(5)36-24(32)30(25(33)38-28(7,8)13-3)19-22-15-17-23(18-16-22)31(26(34)37-21(6)12-2)27(35)39-29(9,10)14-4/h22-23H,5-6,11-19H2,1-4,7-10H3. The minimum Gasteiger partial charge on any atom is -0.443 e. The molecule has 0 aromatic rings. The summed E-state index contributed by atoms with van der Waals surface area (Å²) in [5.74, 6) is 0.401. The van der Waals surface area contributed by atoms with Crippen molar-refractivity contribution >= 4 is 24.4 Å². The Morgan fingerprint density at radius 3 is 1.56 bits per heavy atom. The zero-order chi connectivity index (χ0) is 30.0. The third-order valence-corrected chi connectivity index (χ3v) is 7.14. The summed E-state index contributed by atoms with van der Waals surface area (Å²) in [6.07, 6.45) is 0.718. The van der Waals surface area contributed by atoms with E-state index in [9.17, 15) is 19.2 Å². The van der Waals surface area contributed by atoms with Crippen LogP contribution in [0.1, 0.15) is 107 Å². The maximum atomic E-state index is 13.1. The van der Waals surface area contributed by atoms with E-state index in [-0.39, 0.29) is 24.0 Å². The van der Waals surface area contributed by atoms with E-state index in [0.29, 0.717) is 51.4 Å². The Bertz CT molecular complexity index is 903. The largest absolute Gasteiger partial charge is 0.443 e. The van der Waals surface area contributed by atoms with E-state index in [1.807, 2.05) is 13.8 Å².